The normalized spacial score (nSPS) is 11.2. The maximum absolute atomic E-state index is 13.3. The zero-order valence-electron chi connectivity index (χ0n) is 11.0. The second-order valence-electron chi connectivity index (χ2n) is 4.66. The lowest BCUT2D eigenvalue weighted by molar-refractivity contribution is 0.0663. The number of alkyl halides is 1. The van der Waals surface area contributed by atoms with Gasteiger partial charge in [-0.2, -0.15) is 0 Å². The Hall–Kier alpha value is -1.10. The number of hydrogen-bond donors (Lipinski definition) is 0. The van der Waals surface area contributed by atoms with Crippen molar-refractivity contribution >= 4 is 21.8 Å². The highest BCUT2D eigenvalue weighted by atomic mass is 79.9. The molecule has 1 aromatic rings. The van der Waals surface area contributed by atoms with Crippen molar-refractivity contribution in [3.05, 3.63) is 29.6 Å². The van der Waals surface area contributed by atoms with Gasteiger partial charge in [0.05, 0.1) is 7.11 Å². The van der Waals surface area contributed by atoms with Gasteiger partial charge >= 0.3 is 0 Å². The van der Waals surface area contributed by atoms with Crippen LogP contribution in [0.25, 0.3) is 0 Å². The Morgan fingerprint density at radius 3 is 2.61 bits per heavy atom. The lowest BCUT2D eigenvalue weighted by Gasteiger charge is -2.34. The van der Waals surface area contributed by atoms with Gasteiger partial charge in [-0.3, -0.25) is 4.79 Å². The first-order valence-corrected chi connectivity index (χ1v) is 6.63. The molecule has 18 heavy (non-hydrogen) atoms. The third kappa shape index (κ3) is 3.02. The number of benzene rings is 1. The molecule has 1 rings (SSSR count). The van der Waals surface area contributed by atoms with Crippen molar-refractivity contribution in [1.82, 2.24) is 4.90 Å². The van der Waals surface area contributed by atoms with Gasteiger partial charge in [0, 0.05) is 23.5 Å². The quantitative estimate of drug-likeness (QED) is 0.799. The Labute approximate surface area is 115 Å². The van der Waals surface area contributed by atoms with E-state index in [1.165, 1.54) is 25.3 Å². The molecule has 0 radical (unpaired) electrons. The van der Waals surface area contributed by atoms with Crippen LogP contribution >= 0.6 is 15.9 Å². The maximum atomic E-state index is 13.3. The summed E-state index contributed by atoms with van der Waals surface area (Å²) in [6.07, 6.45) is 0. The average Bonchev–Trinajstić information content (AvgIpc) is 2.37. The van der Waals surface area contributed by atoms with Crippen molar-refractivity contribution < 1.29 is 13.9 Å². The molecule has 0 atom stereocenters. The highest BCUT2D eigenvalue weighted by Crippen LogP contribution is 2.22. The van der Waals surface area contributed by atoms with Crippen LogP contribution in [0.3, 0.4) is 0 Å². The van der Waals surface area contributed by atoms with Gasteiger partial charge in [-0.15, -0.1) is 0 Å². The van der Waals surface area contributed by atoms with Crippen molar-refractivity contribution in [1.29, 1.82) is 0 Å². The van der Waals surface area contributed by atoms with Crippen LogP contribution in [0, 0.1) is 5.82 Å². The van der Waals surface area contributed by atoms with E-state index in [9.17, 15) is 9.18 Å². The summed E-state index contributed by atoms with van der Waals surface area (Å²) in [5, 5.41) is 0.653. The van der Waals surface area contributed by atoms with E-state index < -0.39 is 5.82 Å². The number of carbonyl (C=O) groups excluding carboxylic acids is 1. The lowest BCUT2D eigenvalue weighted by atomic mass is 10.0. The summed E-state index contributed by atoms with van der Waals surface area (Å²) < 4.78 is 18.1. The fourth-order valence-electron chi connectivity index (χ4n) is 1.35. The van der Waals surface area contributed by atoms with E-state index in [1.807, 2.05) is 13.8 Å². The molecule has 0 spiro atoms. The first kappa shape index (κ1) is 15.0. The zero-order chi connectivity index (χ0) is 13.9. The predicted octanol–water partition coefficient (Wildman–Crippen LogP) is 3.08. The minimum absolute atomic E-state index is 0.0749. The summed E-state index contributed by atoms with van der Waals surface area (Å²) in [6, 6.07) is 4.11. The van der Waals surface area contributed by atoms with Gasteiger partial charge in [-0.25, -0.2) is 4.39 Å². The molecule has 0 fully saturated rings. The first-order valence-electron chi connectivity index (χ1n) is 5.51. The lowest BCUT2D eigenvalue weighted by Crippen LogP contribution is -2.46. The summed E-state index contributed by atoms with van der Waals surface area (Å²) in [4.78, 5) is 13.9. The molecule has 0 N–H and O–H groups in total. The number of carbonyl (C=O) groups is 1. The number of amides is 1. The molecule has 0 aliphatic heterocycles. The van der Waals surface area contributed by atoms with Crippen molar-refractivity contribution in [2.45, 2.75) is 19.4 Å². The van der Waals surface area contributed by atoms with Crippen LogP contribution < -0.4 is 4.74 Å². The Balaban J connectivity index is 3.04. The van der Waals surface area contributed by atoms with E-state index in [2.05, 4.69) is 15.9 Å². The molecule has 1 aromatic carbocycles. The summed E-state index contributed by atoms with van der Waals surface area (Å²) in [7, 11) is 3.10. The second-order valence-corrected chi connectivity index (χ2v) is 5.22. The molecule has 5 heteroatoms. The third-order valence-corrected chi connectivity index (χ3v) is 4.31. The molecule has 0 aromatic heterocycles. The van der Waals surface area contributed by atoms with E-state index >= 15 is 0 Å². The van der Waals surface area contributed by atoms with Crippen molar-refractivity contribution in [3.63, 3.8) is 0 Å². The molecular weight excluding hydrogens is 301 g/mol. The van der Waals surface area contributed by atoms with E-state index in [-0.39, 0.29) is 17.2 Å². The van der Waals surface area contributed by atoms with Crippen LogP contribution in [0.4, 0.5) is 4.39 Å². The molecule has 1 amide bonds. The van der Waals surface area contributed by atoms with Crippen LogP contribution in [0.15, 0.2) is 18.2 Å². The molecule has 0 aliphatic carbocycles. The molecule has 3 nitrogen and oxygen atoms in total. The number of methoxy groups -OCH3 is 1. The molecule has 0 bridgehead atoms. The number of rotatable bonds is 4. The fraction of sp³-hybridized carbons (Fsp3) is 0.462. The van der Waals surface area contributed by atoms with Gasteiger partial charge in [-0.05, 0) is 32.0 Å². The minimum atomic E-state index is -0.476. The summed E-state index contributed by atoms with van der Waals surface area (Å²) in [6.45, 7) is 3.89. The number of ether oxygens (including phenoxy) is 1. The standard InChI is InChI=1S/C13H17BrFNO2/c1-13(2,8-14)16(3)12(17)9-5-6-10(15)11(7-9)18-4/h5-7H,8H2,1-4H3. The Kier molecular flexibility index (Phi) is 4.73. The van der Waals surface area contributed by atoms with Crippen LogP contribution in [0.5, 0.6) is 5.75 Å². The topological polar surface area (TPSA) is 29.5 Å². The zero-order valence-corrected chi connectivity index (χ0v) is 12.5. The van der Waals surface area contributed by atoms with Gasteiger partial charge in [0.15, 0.2) is 11.6 Å². The average molecular weight is 318 g/mol. The van der Waals surface area contributed by atoms with E-state index in [4.69, 9.17) is 4.74 Å². The van der Waals surface area contributed by atoms with Crippen molar-refractivity contribution in [3.8, 4) is 5.75 Å². The number of halogens is 2. The van der Waals surface area contributed by atoms with Crippen molar-refractivity contribution in [2.75, 3.05) is 19.5 Å². The molecule has 0 aliphatic rings. The van der Waals surface area contributed by atoms with E-state index in [1.54, 1.807) is 11.9 Å². The molecule has 0 unspecified atom stereocenters. The van der Waals surface area contributed by atoms with Crippen LogP contribution in [-0.2, 0) is 0 Å². The highest BCUT2D eigenvalue weighted by Gasteiger charge is 2.27. The molecule has 100 valence electrons. The van der Waals surface area contributed by atoms with Gasteiger partial charge in [0.2, 0.25) is 0 Å². The SMILES string of the molecule is COc1cc(C(=O)N(C)C(C)(C)CBr)ccc1F. The Morgan fingerprint density at radius 1 is 1.50 bits per heavy atom. The van der Waals surface area contributed by atoms with Crippen molar-refractivity contribution in [2.24, 2.45) is 0 Å². The summed E-state index contributed by atoms with van der Waals surface area (Å²) >= 11 is 3.37. The van der Waals surface area contributed by atoms with Crippen LogP contribution in [-0.4, -0.2) is 35.8 Å². The molecule has 0 saturated carbocycles. The molecular formula is C13H17BrFNO2. The first-order chi connectivity index (χ1) is 8.33. The minimum Gasteiger partial charge on any atom is -0.494 e. The van der Waals surface area contributed by atoms with Gasteiger partial charge < -0.3 is 9.64 Å². The largest absolute Gasteiger partial charge is 0.494 e. The fourth-order valence-corrected chi connectivity index (χ4v) is 1.73. The summed E-state index contributed by atoms with van der Waals surface area (Å²) in [5.74, 6) is -0.569. The summed E-state index contributed by atoms with van der Waals surface area (Å²) in [5.41, 5.74) is 0.0865. The van der Waals surface area contributed by atoms with E-state index in [0.717, 1.165) is 0 Å². The predicted molar refractivity (Wildman–Crippen MR) is 72.9 cm³/mol. The Morgan fingerprint density at radius 2 is 2.11 bits per heavy atom. The highest BCUT2D eigenvalue weighted by molar-refractivity contribution is 9.09. The van der Waals surface area contributed by atoms with Gasteiger partial charge in [-0.1, -0.05) is 15.9 Å². The van der Waals surface area contributed by atoms with Gasteiger partial charge in [0.1, 0.15) is 0 Å². The molecule has 0 heterocycles. The maximum Gasteiger partial charge on any atom is 0.254 e. The monoisotopic (exact) mass is 317 g/mol. The molecule has 0 saturated heterocycles. The van der Waals surface area contributed by atoms with Crippen LogP contribution in [0.1, 0.15) is 24.2 Å². The van der Waals surface area contributed by atoms with Crippen LogP contribution in [0.2, 0.25) is 0 Å². The van der Waals surface area contributed by atoms with Gasteiger partial charge in [0.25, 0.3) is 5.91 Å². The van der Waals surface area contributed by atoms with E-state index in [0.29, 0.717) is 10.9 Å². The second kappa shape index (κ2) is 5.69. The number of nitrogens with zero attached hydrogens (tertiary/aromatic N) is 1. The Bertz CT molecular complexity index is 449. The number of hydrogen-bond acceptors (Lipinski definition) is 2. The third-order valence-electron chi connectivity index (χ3n) is 2.94. The smallest absolute Gasteiger partial charge is 0.254 e.